The van der Waals surface area contributed by atoms with Crippen molar-refractivity contribution in [2.75, 3.05) is 5.32 Å². The Labute approximate surface area is 139 Å². The molecule has 2 rings (SSSR count). The van der Waals surface area contributed by atoms with Crippen molar-refractivity contribution in [1.29, 1.82) is 0 Å². The monoisotopic (exact) mass is 338 g/mol. The van der Waals surface area contributed by atoms with Gasteiger partial charge >= 0.3 is 5.97 Å². The van der Waals surface area contributed by atoms with Crippen molar-refractivity contribution < 1.29 is 19.1 Å². The van der Waals surface area contributed by atoms with E-state index in [0.29, 0.717) is 29.1 Å². The molecule has 23 heavy (non-hydrogen) atoms. The average Bonchev–Trinajstić information content (AvgIpc) is 2.85. The van der Waals surface area contributed by atoms with Gasteiger partial charge in [0, 0.05) is 18.9 Å². The largest absolute Gasteiger partial charge is 0.459 e. The molecule has 6 nitrogen and oxygen atoms in total. The predicted octanol–water partition coefficient (Wildman–Crippen LogP) is 2.51. The lowest BCUT2D eigenvalue weighted by atomic mass is 10.1. The number of amides is 2. The lowest BCUT2D eigenvalue weighted by Gasteiger charge is -2.13. The zero-order valence-corrected chi connectivity index (χ0v) is 13.8. The predicted molar refractivity (Wildman–Crippen MR) is 86.4 cm³/mol. The van der Waals surface area contributed by atoms with Crippen LogP contribution in [-0.4, -0.2) is 29.9 Å². The van der Waals surface area contributed by atoms with Crippen LogP contribution in [0, 0.1) is 0 Å². The van der Waals surface area contributed by atoms with Crippen LogP contribution in [0.1, 0.15) is 43.5 Å². The normalized spacial score (nSPS) is 17.0. The van der Waals surface area contributed by atoms with E-state index < -0.39 is 5.97 Å². The average molecular weight is 339 g/mol. The molecule has 0 bridgehead atoms. The Kier molecular flexibility index (Phi) is 5.60. The fourth-order valence-electron chi connectivity index (χ4n) is 2.29. The summed E-state index contributed by atoms with van der Waals surface area (Å²) in [6.07, 6.45) is 1.01. The topological polar surface area (TPSA) is 84.5 Å². The van der Waals surface area contributed by atoms with Crippen molar-refractivity contribution in [2.24, 2.45) is 0 Å². The summed E-state index contributed by atoms with van der Waals surface area (Å²) in [6, 6.07) is 4.40. The van der Waals surface area contributed by atoms with Gasteiger partial charge in [-0.15, -0.1) is 0 Å². The third kappa shape index (κ3) is 4.96. The van der Waals surface area contributed by atoms with Gasteiger partial charge in [0.15, 0.2) is 0 Å². The summed E-state index contributed by atoms with van der Waals surface area (Å²) in [5.41, 5.74) is 0.659. The van der Waals surface area contributed by atoms with E-state index in [4.69, 9.17) is 16.3 Å². The maximum absolute atomic E-state index is 12.0. The molecule has 1 aliphatic heterocycles. The van der Waals surface area contributed by atoms with Gasteiger partial charge in [0.2, 0.25) is 11.8 Å². The van der Waals surface area contributed by atoms with Crippen molar-refractivity contribution in [3.05, 3.63) is 28.8 Å². The summed E-state index contributed by atoms with van der Waals surface area (Å²) in [6.45, 7) is 3.51. The van der Waals surface area contributed by atoms with Gasteiger partial charge in [0.25, 0.3) is 0 Å². The number of nitrogens with one attached hydrogen (secondary N) is 2. The number of carbonyl (C=O) groups is 3. The molecular weight excluding hydrogens is 320 g/mol. The highest BCUT2D eigenvalue weighted by atomic mass is 35.5. The molecule has 124 valence electrons. The molecule has 0 saturated carbocycles. The number of benzene rings is 1. The molecule has 2 amide bonds. The summed E-state index contributed by atoms with van der Waals surface area (Å²) in [5.74, 6) is -0.789. The van der Waals surface area contributed by atoms with Crippen LogP contribution in [0.3, 0.4) is 0 Å². The van der Waals surface area contributed by atoms with Gasteiger partial charge in [-0.25, -0.2) is 4.79 Å². The third-order valence-corrected chi connectivity index (χ3v) is 3.67. The molecule has 0 radical (unpaired) electrons. The van der Waals surface area contributed by atoms with Crippen LogP contribution in [0.15, 0.2) is 18.2 Å². The minimum Gasteiger partial charge on any atom is -0.459 e. The molecule has 0 aliphatic carbocycles. The van der Waals surface area contributed by atoms with Crippen molar-refractivity contribution >= 4 is 35.1 Å². The number of hydrogen-bond donors (Lipinski definition) is 2. The summed E-state index contributed by atoms with van der Waals surface area (Å²) < 4.78 is 5.11. The number of hydrogen-bond acceptors (Lipinski definition) is 4. The Morgan fingerprint density at radius 3 is 2.78 bits per heavy atom. The van der Waals surface area contributed by atoms with Gasteiger partial charge in [-0.05, 0) is 38.5 Å². The van der Waals surface area contributed by atoms with Crippen LogP contribution in [0.5, 0.6) is 0 Å². The molecule has 1 atom stereocenters. The number of carbonyl (C=O) groups excluding carboxylic acids is 3. The number of halogens is 1. The molecular formula is C16H19ClN2O4. The fourth-order valence-corrected chi connectivity index (χ4v) is 2.45. The first kappa shape index (κ1) is 17.3. The first-order valence-electron chi connectivity index (χ1n) is 7.45. The van der Waals surface area contributed by atoms with Gasteiger partial charge in [-0.2, -0.15) is 0 Å². The minimum absolute atomic E-state index is 0.0424. The quantitative estimate of drug-likeness (QED) is 0.808. The van der Waals surface area contributed by atoms with Gasteiger partial charge < -0.3 is 15.4 Å². The van der Waals surface area contributed by atoms with Gasteiger partial charge in [0.1, 0.15) is 0 Å². The molecule has 2 N–H and O–H groups in total. The molecule has 1 aromatic rings. The lowest BCUT2D eigenvalue weighted by Crippen LogP contribution is -2.30. The number of ether oxygens (including phenoxy) is 1. The van der Waals surface area contributed by atoms with Crippen LogP contribution in [0.2, 0.25) is 5.02 Å². The highest BCUT2D eigenvalue weighted by molar-refractivity contribution is 6.33. The van der Waals surface area contributed by atoms with E-state index in [1.54, 1.807) is 19.9 Å². The Morgan fingerprint density at radius 2 is 2.17 bits per heavy atom. The molecule has 1 saturated heterocycles. The maximum atomic E-state index is 12.0. The molecule has 0 unspecified atom stereocenters. The third-order valence-electron chi connectivity index (χ3n) is 3.34. The van der Waals surface area contributed by atoms with E-state index in [2.05, 4.69) is 10.6 Å². The highest BCUT2D eigenvalue weighted by Gasteiger charge is 2.23. The van der Waals surface area contributed by atoms with Gasteiger partial charge in [0.05, 0.1) is 22.4 Å². The van der Waals surface area contributed by atoms with E-state index in [-0.39, 0.29) is 30.4 Å². The summed E-state index contributed by atoms with van der Waals surface area (Å²) >= 11 is 6.05. The molecule has 0 aromatic heterocycles. The number of anilines is 1. The van der Waals surface area contributed by atoms with Crippen LogP contribution < -0.4 is 10.6 Å². The standard InChI is InChI=1S/C16H19ClN2O4/c1-9(2)23-16(22)10-3-5-12(17)13(7-10)19-15(21)8-11-4-6-14(20)18-11/h3,5,7,9,11H,4,6,8H2,1-2H3,(H,18,20)(H,19,21)/t11-/m1/s1. The lowest BCUT2D eigenvalue weighted by molar-refractivity contribution is -0.119. The van der Waals surface area contributed by atoms with Crippen LogP contribution >= 0.6 is 11.6 Å². The molecule has 1 heterocycles. The van der Waals surface area contributed by atoms with Crippen molar-refractivity contribution in [1.82, 2.24) is 5.32 Å². The van der Waals surface area contributed by atoms with Crippen molar-refractivity contribution in [3.8, 4) is 0 Å². The second kappa shape index (κ2) is 7.46. The Bertz CT molecular complexity index is 631. The van der Waals surface area contributed by atoms with E-state index in [0.717, 1.165) is 0 Å². The van der Waals surface area contributed by atoms with Gasteiger partial charge in [-0.1, -0.05) is 11.6 Å². The molecule has 1 aromatic carbocycles. The van der Waals surface area contributed by atoms with E-state index in [1.807, 2.05) is 0 Å². The van der Waals surface area contributed by atoms with E-state index >= 15 is 0 Å². The summed E-state index contributed by atoms with van der Waals surface area (Å²) in [5, 5.41) is 5.73. The van der Waals surface area contributed by atoms with Crippen molar-refractivity contribution in [2.45, 2.75) is 45.3 Å². The fraction of sp³-hybridized carbons (Fsp3) is 0.438. The van der Waals surface area contributed by atoms with Crippen LogP contribution in [0.25, 0.3) is 0 Å². The zero-order chi connectivity index (χ0) is 17.0. The van der Waals surface area contributed by atoms with E-state index in [9.17, 15) is 14.4 Å². The van der Waals surface area contributed by atoms with E-state index in [1.165, 1.54) is 12.1 Å². The Hall–Kier alpha value is -2.08. The number of rotatable bonds is 5. The highest BCUT2D eigenvalue weighted by Crippen LogP contribution is 2.24. The minimum atomic E-state index is -0.477. The Balaban J connectivity index is 2.02. The first-order chi connectivity index (χ1) is 10.8. The molecule has 1 fully saturated rings. The molecule has 1 aliphatic rings. The van der Waals surface area contributed by atoms with Crippen molar-refractivity contribution in [3.63, 3.8) is 0 Å². The molecule has 7 heteroatoms. The Morgan fingerprint density at radius 1 is 1.43 bits per heavy atom. The smallest absolute Gasteiger partial charge is 0.338 e. The van der Waals surface area contributed by atoms with Crippen LogP contribution in [-0.2, 0) is 14.3 Å². The maximum Gasteiger partial charge on any atom is 0.338 e. The van der Waals surface area contributed by atoms with Crippen LogP contribution in [0.4, 0.5) is 5.69 Å². The first-order valence-corrected chi connectivity index (χ1v) is 7.82. The second-order valence-corrected chi connectivity index (χ2v) is 6.11. The summed E-state index contributed by atoms with van der Waals surface area (Å²) in [7, 11) is 0. The second-order valence-electron chi connectivity index (χ2n) is 5.70. The molecule has 0 spiro atoms. The zero-order valence-electron chi connectivity index (χ0n) is 13.0. The number of esters is 1. The summed E-state index contributed by atoms with van der Waals surface area (Å²) in [4.78, 5) is 35.1. The SMILES string of the molecule is CC(C)OC(=O)c1ccc(Cl)c(NC(=O)C[C@H]2CCC(=O)N2)c1. The van der Waals surface area contributed by atoms with Gasteiger partial charge in [-0.3, -0.25) is 9.59 Å².